The molecule has 0 aliphatic heterocycles. The van der Waals surface area contributed by atoms with Crippen LogP contribution in [-0.4, -0.2) is 23.8 Å². The molecule has 0 aromatic heterocycles. The Morgan fingerprint density at radius 1 is 0.926 bits per heavy atom. The Labute approximate surface area is 192 Å². The van der Waals surface area contributed by atoms with Crippen LogP contribution in [0.1, 0.15) is 25.0 Å². The number of hydrogen-bond donors (Lipinski definition) is 1. The van der Waals surface area contributed by atoms with Crippen molar-refractivity contribution in [3.05, 3.63) is 56.5 Å². The number of anilines is 2. The number of alkyl halides is 1. The molecule has 1 N–H and O–H groups in total. The molecule has 0 aliphatic rings. The number of amides is 2. The smallest absolute Gasteiger partial charge is 0.223 e. The lowest BCUT2D eigenvalue weighted by molar-refractivity contribution is -0.116. The third kappa shape index (κ3) is 8.74. The van der Waals surface area contributed by atoms with E-state index >= 15 is 0 Å². The first kappa shape index (κ1) is 26.1. The van der Waals surface area contributed by atoms with E-state index in [-0.39, 0.29) is 11.8 Å². The van der Waals surface area contributed by atoms with E-state index < -0.39 is 0 Å². The summed E-state index contributed by atoms with van der Waals surface area (Å²) in [5.74, 6) is -0.00241. The summed E-state index contributed by atoms with van der Waals surface area (Å²) in [5.41, 5.74) is 3.94. The van der Waals surface area contributed by atoms with Crippen molar-refractivity contribution in [2.24, 2.45) is 0 Å². The van der Waals surface area contributed by atoms with Gasteiger partial charge in [0.25, 0.3) is 0 Å². The Balaban J connectivity index is 0.000000460. The molecular weight excluding hydrogens is 587 g/mol. The van der Waals surface area contributed by atoms with Gasteiger partial charge < -0.3 is 10.2 Å². The van der Waals surface area contributed by atoms with Gasteiger partial charge in [0.05, 0.1) is 0 Å². The molecule has 148 valence electrons. The number of benzene rings is 2. The Hall–Kier alpha value is -0.930. The SMILES string of the molecule is CC(=O)N(C)c1cccc(Br)c1C.CC(=O)Nc1cccc(Br)c1C.CI. The zero-order valence-electron chi connectivity index (χ0n) is 16.4. The number of nitrogens with zero attached hydrogens (tertiary/aromatic N) is 1. The van der Waals surface area contributed by atoms with Crippen molar-refractivity contribution >= 4 is 77.6 Å². The molecule has 0 atom stereocenters. The highest BCUT2D eigenvalue weighted by molar-refractivity contribution is 14.1. The number of halogens is 3. The monoisotopic (exact) mass is 610 g/mol. The number of nitrogens with one attached hydrogen (secondary N) is 1. The van der Waals surface area contributed by atoms with E-state index in [1.807, 2.05) is 55.2 Å². The molecule has 4 nitrogen and oxygen atoms in total. The summed E-state index contributed by atoms with van der Waals surface area (Å²) < 4.78 is 2.03. The van der Waals surface area contributed by atoms with Gasteiger partial charge >= 0.3 is 0 Å². The number of hydrogen-bond acceptors (Lipinski definition) is 2. The molecule has 0 fully saturated rings. The molecule has 0 saturated carbocycles. The van der Waals surface area contributed by atoms with Crippen LogP contribution in [0.2, 0.25) is 0 Å². The van der Waals surface area contributed by atoms with Gasteiger partial charge in [-0.1, -0.05) is 66.6 Å². The fourth-order valence-electron chi connectivity index (χ4n) is 2.06. The molecule has 2 aromatic rings. The molecule has 0 heterocycles. The predicted octanol–water partition coefficient (Wildman–Crippen LogP) is 6.51. The second-order valence-electron chi connectivity index (χ2n) is 5.56. The minimum Gasteiger partial charge on any atom is -0.326 e. The maximum atomic E-state index is 11.1. The summed E-state index contributed by atoms with van der Waals surface area (Å²) in [4.78, 5) is 25.5. The third-order valence-corrected chi connectivity index (χ3v) is 5.37. The van der Waals surface area contributed by atoms with Crippen molar-refractivity contribution in [2.75, 3.05) is 22.2 Å². The zero-order valence-corrected chi connectivity index (χ0v) is 21.7. The van der Waals surface area contributed by atoms with E-state index in [0.29, 0.717) is 0 Å². The first-order chi connectivity index (χ1) is 12.6. The molecule has 2 rings (SSSR count). The molecule has 2 amide bonds. The minimum absolute atomic E-state index is 0.0428. The lowest BCUT2D eigenvalue weighted by atomic mass is 10.2. The molecular formula is C20H25Br2IN2O2. The highest BCUT2D eigenvalue weighted by atomic mass is 127. The number of carbonyl (C=O) groups is 2. The Morgan fingerprint density at radius 3 is 1.89 bits per heavy atom. The van der Waals surface area contributed by atoms with Crippen LogP contribution in [0, 0.1) is 13.8 Å². The fourth-order valence-corrected chi connectivity index (χ4v) is 2.78. The molecule has 0 radical (unpaired) electrons. The molecule has 0 bridgehead atoms. The maximum absolute atomic E-state index is 11.1. The minimum atomic E-state index is -0.0452. The van der Waals surface area contributed by atoms with Crippen LogP contribution in [0.5, 0.6) is 0 Å². The molecule has 0 spiro atoms. The van der Waals surface area contributed by atoms with Crippen LogP contribution in [-0.2, 0) is 9.59 Å². The van der Waals surface area contributed by atoms with Gasteiger partial charge in [-0.05, 0) is 54.2 Å². The van der Waals surface area contributed by atoms with Crippen molar-refractivity contribution < 1.29 is 9.59 Å². The van der Waals surface area contributed by atoms with Gasteiger partial charge in [-0.3, -0.25) is 9.59 Å². The predicted molar refractivity (Wildman–Crippen MR) is 131 cm³/mol. The Bertz CT molecular complexity index is 783. The summed E-state index contributed by atoms with van der Waals surface area (Å²) in [6.07, 6.45) is 0. The summed E-state index contributed by atoms with van der Waals surface area (Å²) >= 11 is 8.96. The Morgan fingerprint density at radius 2 is 1.41 bits per heavy atom. The van der Waals surface area contributed by atoms with Crippen molar-refractivity contribution in [1.29, 1.82) is 0 Å². The van der Waals surface area contributed by atoms with Crippen LogP contribution in [0.25, 0.3) is 0 Å². The highest BCUT2D eigenvalue weighted by Gasteiger charge is 2.09. The quantitative estimate of drug-likeness (QED) is 0.311. The molecule has 0 aliphatic carbocycles. The van der Waals surface area contributed by atoms with Gasteiger partial charge in [-0.25, -0.2) is 0 Å². The first-order valence-corrected chi connectivity index (χ1v) is 11.8. The topological polar surface area (TPSA) is 49.4 Å². The second-order valence-corrected chi connectivity index (χ2v) is 7.26. The van der Waals surface area contributed by atoms with E-state index in [1.165, 1.54) is 6.92 Å². The van der Waals surface area contributed by atoms with Crippen molar-refractivity contribution in [1.82, 2.24) is 0 Å². The van der Waals surface area contributed by atoms with Crippen LogP contribution in [0.15, 0.2) is 45.3 Å². The summed E-state index contributed by atoms with van der Waals surface area (Å²) in [7, 11) is 1.77. The van der Waals surface area contributed by atoms with E-state index in [0.717, 1.165) is 31.4 Å². The molecule has 0 saturated heterocycles. The van der Waals surface area contributed by atoms with Crippen molar-refractivity contribution in [2.45, 2.75) is 27.7 Å². The average molecular weight is 612 g/mol. The summed E-state index contributed by atoms with van der Waals surface area (Å²) in [6, 6.07) is 11.5. The van der Waals surface area contributed by atoms with Crippen LogP contribution in [0.3, 0.4) is 0 Å². The van der Waals surface area contributed by atoms with Crippen LogP contribution < -0.4 is 10.2 Å². The van der Waals surface area contributed by atoms with Gasteiger partial charge in [-0.2, -0.15) is 0 Å². The van der Waals surface area contributed by atoms with Crippen LogP contribution in [0.4, 0.5) is 11.4 Å². The molecule has 7 heteroatoms. The van der Waals surface area contributed by atoms with Crippen LogP contribution >= 0.6 is 54.5 Å². The van der Waals surface area contributed by atoms with Gasteiger partial charge in [0, 0.05) is 41.2 Å². The largest absolute Gasteiger partial charge is 0.326 e. The Kier molecular flexibility index (Phi) is 12.8. The zero-order chi connectivity index (χ0) is 21.1. The number of carbonyl (C=O) groups excluding carboxylic acids is 2. The molecule has 2 aromatic carbocycles. The van der Waals surface area contributed by atoms with Crippen molar-refractivity contribution in [3.63, 3.8) is 0 Å². The highest BCUT2D eigenvalue weighted by Crippen LogP contribution is 2.26. The molecule has 0 unspecified atom stereocenters. The fraction of sp³-hybridized carbons (Fsp3) is 0.300. The van der Waals surface area contributed by atoms with Gasteiger partial charge in [0.15, 0.2) is 0 Å². The second kappa shape index (κ2) is 13.3. The standard InChI is InChI=1S/C10H12BrNO.C9H10BrNO.CH3I/c1-7-9(11)5-4-6-10(7)12(3)8(2)13;1-6-8(10)4-3-5-9(6)11-7(2)12;1-2/h4-6H,1-3H3;3-5H,1-2H3,(H,11,12);1H3. The van der Waals surface area contributed by atoms with Gasteiger partial charge in [0.1, 0.15) is 0 Å². The third-order valence-electron chi connectivity index (χ3n) is 3.65. The maximum Gasteiger partial charge on any atom is 0.223 e. The van der Waals surface area contributed by atoms with E-state index in [2.05, 4.69) is 59.8 Å². The first-order valence-electron chi connectivity index (χ1n) is 8.05. The van der Waals surface area contributed by atoms with Gasteiger partial charge in [0.2, 0.25) is 11.8 Å². The lowest BCUT2D eigenvalue weighted by Crippen LogP contribution is -2.23. The molecule has 27 heavy (non-hydrogen) atoms. The number of rotatable bonds is 2. The normalized spacial score (nSPS) is 9.22. The van der Waals surface area contributed by atoms with E-state index in [4.69, 9.17) is 0 Å². The van der Waals surface area contributed by atoms with Gasteiger partial charge in [-0.15, -0.1) is 0 Å². The lowest BCUT2D eigenvalue weighted by Gasteiger charge is -2.18. The average Bonchev–Trinajstić information content (AvgIpc) is 2.62. The van der Waals surface area contributed by atoms with E-state index in [1.54, 1.807) is 18.9 Å². The summed E-state index contributed by atoms with van der Waals surface area (Å²) in [5, 5.41) is 2.74. The van der Waals surface area contributed by atoms with E-state index in [9.17, 15) is 9.59 Å². The summed E-state index contributed by atoms with van der Waals surface area (Å²) in [6.45, 7) is 6.99. The van der Waals surface area contributed by atoms with Crippen molar-refractivity contribution in [3.8, 4) is 0 Å².